The summed E-state index contributed by atoms with van der Waals surface area (Å²) in [7, 11) is 1.62. The van der Waals surface area contributed by atoms with Crippen LogP contribution in [0.4, 0.5) is 0 Å². The van der Waals surface area contributed by atoms with Gasteiger partial charge in [0, 0.05) is 13.5 Å². The molecular weight excluding hydrogens is 753 g/mol. The molecule has 3 saturated heterocycles. The first-order valence-electron chi connectivity index (χ1n) is 21.4. The van der Waals surface area contributed by atoms with Crippen LogP contribution in [-0.2, 0) is 43.5 Å². The number of rotatable bonds is 21. The SMILES string of the molecule is C=C/C=C/CC/C=C/C=C/C=C/CC/C=C/[C@H]1OC(C)(C)O[C@@H]1[C@@H]1O[C@@H]([C@@H](COC(c2ccccc2)(c2ccccc2)c2ccccc2)OCOC)C[C@H]2OC(C)(C)O[C@@H]12. The quantitative estimate of drug-likeness (QED) is 0.0346. The van der Waals surface area contributed by atoms with Crippen LogP contribution in [0.15, 0.2) is 164 Å². The first kappa shape index (κ1) is 45.3. The average molecular weight is 817 g/mol. The Morgan fingerprint density at radius 2 is 1.17 bits per heavy atom. The van der Waals surface area contributed by atoms with Crippen molar-refractivity contribution in [1.82, 2.24) is 0 Å². The maximum Gasteiger partial charge on any atom is 0.164 e. The zero-order chi connectivity index (χ0) is 42.3. The monoisotopic (exact) mass is 816 g/mol. The molecule has 3 fully saturated rings. The highest BCUT2D eigenvalue weighted by Crippen LogP contribution is 2.45. The fourth-order valence-electron chi connectivity index (χ4n) is 8.29. The highest BCUT2D eigenvalue weighted by molar-refractivity contribution is 5.47. The largest absolute Gasteiger partial charge is 0.366 e. The summed E-state index contributed by atoms with van der Waals surface area (Å²) < 4.78 is 52.8. The van der Waals surface area contributed by atoms with Crippen LogP contribution in [0.1, 0.15) is 76.5 Å². The third-order valence-corrected chi connectivity index (χ3v) is 10.9. The van der Waals surface area contributed by atoms with E-state index < -0.39 is 41.6 Å². The number of unbranched alkanes of at least 4 members (excludes halogenated alkanes) is 2. The summed E-state index contributed by atoms with van der Waals surface area (Å²) in [4.78, 5) is 0. The molecule has 0 bridgehead atoms. The standard InChI is InChI=1S/C52H64O8/c1-7-8-9-10-11-12-13-14-15-16-17-18-19-29-36-43-47(59-50(2,3)57-43)49-48-45(58-51(4,5)60-48)37-44(56-49)46(54-39-53-6)38-55-52(40-30-23-20-24-31-40,41-32-25-21-26-33-41)42-34-27-22-28-35-42/h7-9,12-17,20-36,43-49H,1,10-11,18-19,37-39H2,2-6H3/b9-8+,13-12+,15-14+,17-16+,36-29+/t43-,44-,45-,46-,47+,48-,49+/m1/s1. The van der Waals surface area contributed by atoms with Crippen LogP contribution in [0.2, 0.25) is 0 Å². The molecule has 0 unspecified atom stereocenters. The predicted octanol–water partition coefficient (Wildman–Crippen LogP) is 10.7. The van der Waals surface area contributed by atoms with E-state index in [1.54, 1.807) is 13.2 Å². The zero-order valence-corrected chi connectivity index (χ0v) is 36.0. The highest BCUT2D eigenvalue weighted by atomic mass is 16.8. The Morgan fingerprint density at radius 1 is 0.650 bits per heavy atom. The van der Waals surface area contributed by atoms with Crippen molar-refractivity contribution in [1.29, 1.82) is 0 Å². The Balaban J connectivity index is 1.21. The number of allylic oxidation sites excluding steroid dienone is 10. The molecule has 3 aromatic rings. The Kier molecular flexibility index (Phi) is 16.6. The molecule has 3 aromatic carbocycles. The van der Waals surface area contributed by atoms with Crippen LogP contribution in [0.25, 0.3) is 0 Å². The normalized spacial score (nSPS) is 25.9. The van der Waals surface area contributed by atoms with Gasteiger partial charge in [-0.15, -0.1) is 0 Å². The molecule has 8 nitrogen and oxygen atoms in total. The van der Waals surface area contributed by atoms with Gasteiger partial charge in [-0.3, -0.25) is 0 Å². The van der Waals surface area contributed by atoms with Gasteiger partial charge in [-0.25, -0.2) is 0 Å². The van der Waals surface area contributed by atoms with Gasteiger partial charge in [0.15, 0.2) is 11.6 Å². The van der Waals surface area contributed by atoms with Gasteiger partial charge in [-0.1, -0.05) is 164 Å². The van der Waals surface area contributed by atoms with Gasteiger partial charge < -0.3 is 37.9 Å². The molecule has 3 aliphatic rings. The van der Waals surface area contributed by atoms with Crippen molar-refractivity contribution in [2.24, 2.45) is 0 Å². The maximum absolute atomic E-state index is 7.28. The Morgan fingerprint density at radius 3 is 1.72 bits per heavy atom. The number of hydrogen-bond acceptors (Lipinski definition) is 8. The number of benzene rings is 3. The molecular formula is C52H64O8. The molecule has 3 heterocycles. The molecule has 0 amide bonds. The molecule has 0 aromatic heterocycles. The van der Waals surface area contributed by atoms with Crippen molar-refractivity contribution in [3.05, 3.63) is 181 Å². The first-order chi connectivity index (χ1) is 29.2. The van der Waals surface area contributed by atoms with Crippen LogP contribution < -0.4 is 0 Å². The minimum atomic E-state index is -0.946. The summed E-state index contributed by atoms with van der Waals surface area (Å²) in [5.41, 5.74) is 2.06. The second-order valence-corrected chi connectivity index (χ2v) is 16.3. The molecule has 60 heavy (non-hydrogen) atoms. The first-order valence-corrected chi connectivity index (χ1v) is 21.4. The van der Waals surface area contributed by atoms with Crippen molar-refractivity contribution in [3.63, 3.8) is 0 Å². The smallest absolute Gasteiger partial charge is 0.164 e. The summed E-state index contributed by atoms with van der Waals surface area (Å²) in [5, 5.41) is 0. The molecule has 3 aliphatic heterocycles. The van der Waals surface area contributed by atoms with Gasteiger partial charge in [0.25, 0.3) is 0 Å². The summed E-state index contributed by atoms with van der Waals surface area (Å²) in [6.45, 7) is 11.7. The third-order valence-electron chi connectivity index (χ3n) is 10.9. The summed E-state index contributed by atoms with van der Waals surface area (Å²) in [6, 6.07) is 31.0. The lowest BCUT2D eigenvalue weighted by Gasteiger charge is -2.43. The van der Waals surface area contributed by atoms with E-state index in [1.807, 2.05) is 88.4 Å². The summed E-state index contributed by atoms with van der Waals surface area (Å²) in [5.74, 6) is -1.65. The predicted molar refractivity (Wildman–Crippen MR) is 237 cm³/mol. The second-order valence-electron chi connectivity index (χ2n) is 16.3. The highest BCUT2D eigenvalue weighted by Gasteiger charge is 2.58. The number of methoxy groups -OCH3 is 1. The lowest BCUT2D eigenvalue weighted by molar-refractivity contribution is -0.235. The van der Waals surface area contributed by atoms with E-state index in [0.717, 1.165) is 42.4 Å². The summed E-state index contributed by atoms with van der Waals surface area (Å²) in [6.07, 6.45) is 24.0. The van der Waals surface area contributed by atoms with Gasteiger partial charge in [0.1, 0.15) is 42.9 Å². The van der Waals surface area contributed by atoms with Gasteiger partial charge in [-0.2, -0.15) is 0 Å². The van der Waals surface area contributed by atoms with E-state index in [1.165, 1.54) is 0 Å². The van der Waals surface area contributed by atoms with E-state index in [2.05, 4.69) is 97.7 Å². The van der Waals surface area contributed by atoms with E-state index in [9.17, 15) is 0 Å². The van der Waals surface area contributed by atoms with Crippen LogP contribution >= 0.6 is 0 Å². The van der Waals surface area contributed by atoms with E-state index in [-0.39, 0.29) is 31.7 Å². The minimum Gasteiger partial charge on any atom is -0.366 e. The lowest BCUT2D eigenvalue weighted by Crippen LogP contribution is -2.57. The van der Waals surface area contributed by atoms with Crippen LogP contribution in [0.3, 0.4) is 0 Å². The molecule has 6 rings (SSSR count). The molecule has 0 N–H and O–H groups in total. The zero-order valence-electron chi connectivity index (χ0n) is 36.0. The van der Waals surface area contributed by atoms with E-state index >= 15 is 0 Å². The van der Waals surface area contributed by atoms with Crippen LogP contribution in [0, 0.1) is 0 Å². The lowest BCUT2D eigenvalue weighted by atomic mass is 9.80. The summed E-state index contributed by atoms with van der Waals surface area (Å²) >= 11 is 0. The van der Waals surface area contributed by atoms with Crippen molar-refractivity contribution >= 4 is 0 Å². The van der Waals surface area contributed by atoms with Crippen LogP contribution in [0.5, 0.6) is 0 Å². The van der Waals surface area contributed by atoms with Gasteiger partial charge in [-0.05, 0) is 70.1 Å². The maximum atomic E-state index is 7.28. The molecule has 0 saturated carbocycles. The van der Waals surface area contributed by atoms with Gasteiger partial charge in [0.05, 0.1) is 18.8 Å². The van der Waals surface area contributed by atoms with Gasteiger partial charge >= 0.3 is 0 Å². The molecule has 0 aliphatic carbocycles. The van der Waals surface area contributed by atoms with E-state index in [4.69, 9.17) is 37.9 Å². The van der Waals surface area contributed by atoms with Crippen molar-refractivity contribution < 1.29 is 37.9 Å². The molecule has 0 radical (unpaired) electrons. The molecule has 7 atom stereocenters. The Bertz CT molecular complexity index is 1790. The van der Waals surface area contributed by atoms with Gasteiger partial charge in [0.2, 0.25) is 0 Å². The van der Waals surface area contributed by atoms with Crippen LogP contribution in [-0.4, -0.2) is 74.8 Å². The Labute approximate surface area is 358 Å². The molecule has 8 heteroatoms. The fraction of sp³-hybridized carbons (Fsp3) is 0.423. The fourth-order valence-corrected chi connectivity index (χ4v) is 8.29. The number of ether oxygens (including phenoxy) is 8. The van der Waals surface area contributed by atoms with E-state index in [0.29, 0.717) is 6.42 Å². The van der Waals surface area contributed by atoms with Crippen molar-refractivity contribution in [2.75, 3.05) is 20.5 Å². The molecule has 0 spiro atoms. The second kappa shape index (κ2) is 22.0. The number of fused-ring (bicyclic) bond motifs is 1. The minimum absolute atomic E-state index is 0.0567. The number of hydrogen-bond donors (Lipinski definition) is 0. The topological polar surface area (TPSA) is 73.8 Å². The molecule has 320 valence electrons. The third kappa shape index (κ3) is 12.0. The van der Waals surface area contributed by atoms with Crippen molar-refractivity contribution in [3.8, 4) is 0 Å². The average Bonchev–Trinajstić information content (AvgIpc) is 3.75. The Hall–Kier alpha value is -4.22. The van der Waals surface area contributed by atoms with Crippen molar-refractivity contribution in [2.45, 2.75) is 120 Å².